The van der Waals surface area contributed by atoms with Crippen molar-refractivity contribution in [2.45, 2.75) is 31.7 Å². The number of nitrogens with one attached hydrogen (secondary N) is 2. The molecule has 78 valence electrons. The Morgan fingerprint density at radius 1 is 1.38 bits per heavy atom. The number of carboxylic acids is 1. The summed E-state index contributed by atoms with van der Waals surface area (Å²) in [7, 11) is 3.73. The summed E-state index contributed by atoms with van der Waals surface area (Å²) < 4.78 is 0. The van der Waals surface area contributed by atoms with Crippen molar-refractivity contribution in [1.29, 1.82) is 0 Å². The van der Waals surface area contributed by atoms with E-state index in [9.17, 15) is 4.79 Å². The van der Waals surface area contributed by atoms with Gasteiger partial charge in [0.2, 0.25) is 0 Å². The van der Waals surface area contributed by atoms with Gasteiger partial charge in [0.1, 0.15) is 0 Å². The smallest absolute Gasteiger partial charge is 0.304 e. The van der Waals surface area contributed by atoms with Crippen molar-refractivity contribution in [3.63, 3.8) is 0 Å². The first-order valence-electron chi connectivity index (χ1n) is 4.74. The molecule has 0 aliphatic rings. The highest BCUT2D eigenvalue weighted by molar-refractivity contribution is 5.67. The van der Waals surface area contributed by atoms with Crippen LogP contribution in [0.4, 0.5) is 0 Å². The Bertz CT molecular complexity index is 140. The van der Waals surface area contributed by atoms with E-state index >= 15 is 0 Å². The highest BCUT2D eigenvalue weighted by Crippen LogP contribution is 2.03. The monoisotopic (exact) mass is 188 g/mol. The molecule has 0 aromatic carbocycles. The molecule has 0 spiro atoms. The molecule has 0 radical (unpaired) electrons. The highest BCUT2D eigenvalue weighted by atomic mass is 16.4. The van der Waals surface area contributed by atoms with Crippen molar-refractivity contribution in [3.05, 3.63) is 0 Å². The average Bonchev–Trinajstić information content (AvgIpc) is 2.09. The normalized spacial score (nSPS) is 12.8. The maximum atomic E-state index is 10.4. The predicted octanol–water partition coefficient (Wildman–Crippen LogP) is 0.439. The van der Waals surface area contributed by atoms with Gasteiger partial charge in [-0.1, -0.05) is 6.42 Å². The van der Waals surface area contributed by atoms with Crippen LogP contribution >= 0.6 is 0 Å². The molecule has 0 unspecified atom stereocenters. The van der Waals surface area contributed by atoms with Crippen LogP contribution in [-0.4, -0.2) is 37.8 Å². The minimum Gasteiger partial charge on any atom is -0.481 e. The molecule has 4 heteroatoms. The standard InChI is InChI=1S/C9H20N2O2/c1-10-6-4-3-5-8(11-2)7-9(12)13/h8,10-11H,3-7H2,1-2H3,(H,12,13)/t8-/m0/s1. The molecule has 0 aromatic heterocycles. The molecule has 0 fully saturated rings. The summed E-state index contributed by atoms with van der Waals surface area (Å²) in [5.41, 5.74) is 0. The topological polar surface area (TPSA) is 61.4 Å². The van der Waals surface area contributed by atoms with Gasteiger partial charge in [0.25, 0.3) is 0 Å². The van der Waals surface area contributed by atoms with Crippen LogP contribution in [0.5, 0.6) is 0 Å². The SMILES string of the molecule is CNCCCC[C@@H](CC(=O)O)NC. The quantitative estimate of drug-likeness (QED) is 0.484. The summed E-state index contributed by atoms with van der Waals surface area (Å²) in [6.45, 7) is 1.00. The fourth-order valence-electron chi connectivity index (χ4n) is 1.25. The lowest BCUT2D eigenvalue weighted by Crippen LogP contribution is -2.28. The average molecular weight is 188 g/mol. The Hall–Kier alpha value is -0.610. The van der Waals surface area contributed by atoms with Crippen LogP contribution in [0.1, 0.15) is 25.7 Å². The number of unbranched alkanes of at least 4 members (excludes halogenated alkanes) is 1. The van der Waals surface area contributed by atoms with E-state index in [1.807, 2.05) is 14.1 Å². The minimum absolute atomic E-state index is 0.120. The summed E-state index contributed by atoms with van der Waals surface area (Å²) in [5.74, 6) is -0.729. The summed E-state index contributed by atoms with van der Waals surface area (Å²) in [5, 5.41) is 14.6. The Balaban J connectivity index is 3.42. The van der Waals surface area contributed by atoms with Gasteiger partial charge in [-0.2, -0.15) is 0 Å². The minimum atomic E-state index is -0.729. The lowest BCUT2D eigenvalue weighted by Gasteiger charge is -2.12. The second-order valence-electron chi connectivity index (χ2n) is 3.18. The van der Waals surface area contributed by atoms with Gasteiger partial charge in [-0.25, -0.2) is 0 Å². The molecule has 1 atom stereocenters. The molecule has 0 aliphatic carbocycles. The van der Waals surface area contributed by atoms with Gasteiger partial charge >= 0.3 is 5.97 Å². The van der Waals surface area contributed by atoms with E-state index in [0.717, 1.165) is 25.8 Å². The predicted molar refractivity (Wildman–Crippen MR) is 52.9 cm³/mol. The molecule has 0 aliphatic heterocycles. The molecule has 13 heavy (non-hydrogen) atoms. The van der Waals surface area contributed by atoms with Gasteiger partial charge < -0.3 is 15.7 Å². The van der Waals surface area contributed by atoms with Gasteiger partial charge in [-0.3, -0.25) is 4.79 Å². The van der Waals surface area contributed by atoms with Crippen LogP contribution < -0.4 is 10.6 Å². The molecule has 0 saturated heterocycles. The molecular formula is C9H20N2O2. The zero-order chi connectivity index (χ0) is 10.1. The summed E-state index contributed by atoms with van der Waals surface area (Å²) in [6.07, 6.45) is 3.33. The van der Waals surface area contributed by atoms with E-state index in [1.54, 1.807) is 0 Å². The molecule has 0 bridgehead atoms. The number of hydrogen-bond donors (Lipinski definition) is 3. The molecule has 0 heterocycles. The van der Waals surface area contributed by atoms with Crippen molar-refractivity contribution in [2.75, 3.05) is 20.6 Å². The molecule has 4 nitrogen and oxygen atoms in total. The first-order valence-corrected chi connectivity index (χ1v) is 4.74. The first-order chi connectivity index (χ1) is 6.20. The second kappa shape index (κ2) is 8.01. The third kappa shape index (κ3) is 7.74. The van der Waals surface area contributed by atoms with Crippen LogP contribution in [0.15, 0.2) is 0 Å². The molecule has 0 saturated carbocycles. The van der Waals surface area contributed by atoms with Crippen molar-refractivity contribution in [1.82, 2.24) is 10.6 Å². The molecule has 3 N–H and O–H groups in total. The second-order valence-corrected chi connectivity index (χ2v) is 3.18. The summed E-state index contributed by atoms with van der Waals surface area (Å²) in [6, 6.07) is 0.120. The van der Waals surface area contributed by atoms with Crippen LogP contribution in [0, 0.1) is 0 Å². The van der Waals surface area contributed by atoms with Gasteiger partial charge in [-0.05, 0) is 33.5 Å². The van der Waals surface area contributed by atoms with Crippen molar-refractivity contribution in [3.8, 4) is 0 Å². The third-order valence-electron chi connectivity index (χ3n) is 2.06. The fraction of sp³-hybridized carbons (Fsp3) is 0.889. The lowest BCUT2D eigenvalue weighted by atomic mass is 10.1. The van der Waals surface area contributed by atoms with Crippen LogP contribution in [0.2, 0.25) is 0 Å². The molecule has 0 rings (SSSR count). The number of carboxylic acid groups (broad SMARTS) is 1. The Kier molecular flexibility index (Phi) is 7.63. The maximum absolute atomic E-state index is 10.4. The largest absolute Gasteiger partial charge is 0.481 e. The maximum Gasteiger partial charge on any atom is 0.304 e. The van der Waals surface area contributed by atoms with E-state index in [2.05, 4.69) is 10.6 Å². The van der Waals surface area contributed by atoms with Crippen LogP contribution in [-0.2, 0) is 4.79 Å². The van der Waals surface area contributed by atoms with Gasteiger partial charge in [-0.15, -0.1) is 0 Å². The van der Waals surface area contributed by atoms with Gasteiger partial charge in [0.05, 0.1) is 6.42 Å². The van der Waals surface area contributed by atoms with E-state index in [1.165, 1.54) is 0 Å². The molecular weight excluding hydrogens is 168 g/mol. The van der Waals surface area contributed by atoms with Crippen LogP contribution in [0.25, 0.3) is 0 Å². The van der Waals surface area contributed by atoms with Gasteiger partial charge in [0, 0.05) is 6.04 Å². The van der Waals surface area contributed by atoms with Gasteiger partial charge in [0.15, 0.2) is 0 Å². The third-order valence-corrected chi connectivity index (χ3v) is 2.06. The Morgan fingerprint density at radius 3 is 2.54 bits per heavy atom. The highest BCUT2D eigenvalue weighted by Gasteiger charge is 2.09. The Labute approximate surface area is 79.7 Å². The number of aliphatic carboxylic acids is 1. The molecule has 0 amide bonds. The molecule has 0 aromatic rings. The van der Waals surface area contributed by atoms with E-state index in [4.69, 9.17) is 5.11 Å². The zero-order valence-corrected chi connectivity index (χ0v) is 8.47. The zero-order valence-electron chi connectivity index (χ0n) is 8.47. The Morgan fingerprint density at radius 2 is 2.08 bits per heavy atom. The summed E-state index contributed by atoms with van der Waals surface area (Å²) >= 11 is 0. The summed E-state index contributed by atoms with van der Waals surface area (Å²) in [4.78, 5) is 10.4. The van der Waals surface area contributed by atoms with E-state index < -0.39 is 5.97 Å². The van der Waals surface area contributed by atoms with E-state index in [0.29, 0.717) is 0 Å². The number of carbonyl (C=O) groups is 1. The van der Waals surface area contributed by atoms with Crippen LogP contribution in [0.3, 0.4) is 0 Å². The first kappa shape index (κ1) is 12.4. The lowest BCUT2D eigenvalue weighted by molar-refractivity contribution is -0.137. The fourth-order valence-corrected chi connectivity index (χ4v) is 1.25. The number of rotatable bonds is 8. The van der Waals surface area contributed by atoms with Crippen molar-refractivity contribution >= 4 is 5.97 Å². The number of hydrogen-bond acceptors (Lipinski definition) is 3. The van der Waals surface area contributed by atoms with E-state index in [-0.39, 0.29) is 12.5 Å². The van der Waals surface area contributed by atoms with Crippen molar-refractivity contribution in [2.24, 2.45) is 0 Å². The van der Waals surface area contributed by atoms with Crippen molar-refractivity contribution < 1.29 is 9.90 Å².